The van der Waals surface area contributed by atoms with Gasteiger partial charge in [-0.15, -0.1) is 0 Å². The summed E-state index contributed by atoms with van der Waals surface area (Å²) >= 11 is 0. The van der Waals surface area contributed by atoms with Crippen LogP contribution in [-0.2, 0) is 27.9 Å². The maximum Gasteiger partial charge on any atom is 0.306 e. The Kier molecular flexibility index (Phi) is 37.9. The number of esters is 1. The van der Waals surface area contributed by atoms with Crippen molar-refractivity contribution < 1.29 is 37.3 Å². The van der Waals surface area contributed by atoms with Crippen molar-refractivity contribution in [3.8, 4) is 0 Å². The van der Waals surface area contributed by atoms with Gasteiger partial charge >= 0.3 is 5.97 Å². The fourth-order valence-corrected chi connectivity index (χ4v) is 6.66. The van der Waals surface area contributed by atoms with Crippen molar-refractivity contribution in [3.63, 3.8) is 0 Å². The van der Waals surface area contributed by atoms with Crippen LogP contribution in [0.5, 0.6) is 0 Å². The molecule has 2 atom stereocenters. The van der Waals surface area contributed by atoms with E-state index >= 15 is 0 Å². The molecule has 1 unspecified atom stereocenters. The minimum Gasteiger partial charge on any atom is -0.756 e. The molecule has 0 aromatic heterocycles. The van der Waals surface area contributed by atoms with Crippen LogP contribution in [-0.4, -0.2) is 64.1 Å². The third-order valence-electron chi connectivity index (χ3n) is 9.45. The molecule has 55 heavy (non-hydrogen) atoms. The number of nitrogens with zero attached hydrogens (tertiary/aromatic N) is 1. The Morgan fingerprint density at radius 2 is 1.02 bits per heavy atom. The third-order valence-corrected chi connectivity index (χ3v) is 10.4. The van der Waals surface area contributed by atoms with E-state index in [2.05, 4.69) is 50.3 Å². The number of carbonyl (C=O) groups is 1. The molecule has 0 aliphatic heterocycles. The number of phosphoric acid groups is 1. The Morgan fingerprint density at radius 3 is 1.55 bits per heavy atom. The van der Waals surface area contributed by atoms with Crippen molar-refractivity contribution >= 4 is 13.8 Å². The van der Waals surface area contributed by atoms with E-state index in [1.165, 1.54) is 109 Å². The molecule has 0 saturated heterocycles. The van der Waals surface area contributed by atoms with Gasteiger partial charge in [-0.3, -0.25) is 9.36 Å². The standard InChI is InChI=1S/C46H86NO7P/c1-6-8-10-12-14-16-18-20-22-24-25-27-29-31-33-35-37-39-46(48)54-45(44-53-55(49,50)52-42-40-47(3,4)5)43-51-41-38-36-34-32-30-28-26-23-21-19-17-15-13-11-9-7-2/h14,16,20,22,25,27,38,41,45H,6-13,15,17-19,21,23-24,26,28-37,39-40,42-44H2,1-5H3/b16-14+,22-20+,27-25+,41-38+/t45-/m1/s1. The van der Waals surface area contributed by atoms with Gasteiger partial charge in [0, 0.05) is 6.42 Å². The second-order valence-corrected chi connectivity index (χ2v) is 17.5. The largest absolute Gasteiger partial charge is 0.756 e. The third kappa shape index (κ3) is 43.3. The van der Waals surface area contributed by atoms with Crippen LogP contribution >= 0.6 is 7.82 Å². The highest BCUT2D eigenvalue weighted by Gasteiger charge is 2.20. The predicted molar refractivity (Wildman–Crippen MR) is 231 cm³/mol. The first-order valence-corrected chi connectivity index (χ1v) is 23.9. The zero-order valence-electron chi connectivity index (χ0n) is 36.4. The summed E-state index contributed by atoms with van der Waals surface area (Å²) in [6, 6.07) is 0. The highest BCUT2D eigenvalue weighted by atomic mass is 31.2. The van der Waals surface area contributed by atoms with E-state index in [1.807, 2.05) is 27.2 Å². The number of allylic oxidation sites excluding steroid dienone is 7. The van der Waals surface area contributed by atoms with Crippen molar-refractivity contribution in [2.24, 2.45) is 0 Å². The van der Waals surface area contributed by atoms with Gasteiger partial charge in [-0.25, -0.2) is 0 Å². The summed E-state index contributed by atoms with van der Waals surface area (Å²) in [5, 5.41) is 0. The molecular formula is C46H86NO7P. The van der Waals surface area contributed by atoms with Crippen LogP contribution in [0.4, 0.5) is 0 Å². The first-order chi connectivity index (χ1) is 26.6. The Hall–Kier alpha value is -1.70. The highest BCUT2D eigenvalue weighted by Crippen LogP contribution is 2.38. The second kappa shape index (κ2) is 39.1. The van der Waals surface area contributed by atoms with Crippen LogP contribution in [0.1, 0.15) is 187 Å². The number of rotatable bonds is 41. The molecule has 0 amide bonds. The molecule has 0 saturated carbocycles. The van der Waals surface area contributed by atoms with E-state index in [0.29, 0.717) is 11.0 Å². The number of quaternary nitrogens is 1. The van der Waals surface area contributed by atoms with Crippen molar-refractivity contribution in [2.75, 3.05) is 47.5 Å². The number of ether oxygens (including phenoxy) is 2. The summed E-state index contributed by atoms with van der Waals surface area (Å²) in [5.74, 6) is -0.377. The summed E-state index contributed by atoms with van der Waals surface area (Å²) in [7, 11) is 1.31. The van der Waals surface area contributed by atoms with Crippen LogP contribution in [0, 0.1) is 0 Å². The molecule has 0 aromatic rings. The quantitative estimate of drug-likeness (QED) is 0.0152. The van der Waals surface area contributed by atoms with Crippen LogP contribution in [0.15, 0.2) is 48.8 Å². The molecule has 8 nitrogen and oxygen atoms in total. The Balaban J connectivity index is 4.33. The SMILES string of the molecule is CCCCC/C=C/C/C=C/C/C=C/CCCCCCC(=O)O[C@H](CO/C=C/CCCCCCCCCCCCCCCC)COP(=O)([O-])OCC[N+](C)(C)C. The first-order valence-electron chi connectivity index (χ1n) is 22.4. The van der Waals surface area contributed by atoms with Crippen molar-refractivity contribution in [2.45, 2.75) is 193 Å². The smallest absolute Gasteiger partial charge is 0.306 e. The number of hydrogen-bond acceptors (Lipinski definition) is 7. The summed E-state index contributed by atoms with van der Waals surface area (Å²) in [6.45, 7) is 4.69. The summed E-state index contributed by atoms with van der Waals surface area (Å²) < 4.78 is 34.3. The molecule has 0 rings (SSSR count). The monoisotopic (exact) mass is 796 g/mol. The Labute approximate surface area is 339 Å². The lowest BCUT2D eigenvalue weighted by Gasteiger charge is -2.28. The van der Waals surface area contributed by atoms with Crippen LogP contribution in [0.25, 0.3) is 0 Å². The first kappa shape index (κ1) is 53.3. The van der Waals surface area contributed by atoms with Crippen molar-refractivity contribution in [1.29, 1.82) is 0 Å². The molecule has 0 heterocycles. The molecule has 9 heteroatoms. The molecule has 0 aliphatic carbocycles. The average molecular weight is 796 g/mol. The van der Waals surface area contributed by atoms with Gasteiger partial charge in [0.05, 0.1) is 34.0 Å². The molecule has 0 radical (unpaired) electrons. The van der Waals surface area contributed by atoms with Gasteiger partial charge in [0.1, 0.15) is 19.8 Å². The number of hydrogen-bond donors (Lipinski definition) is 0. The van der Waals surface area contributed by atoms with Crippen molar-refractivity contribution in [1.82, 2.24) is 0 Å². The molecule has 0 fully saturated rings. The van der Waals surface area contributed by atoms with E-state index in [0.717, 1.165) is 57.8 Å². The van der Waals surface area contributed by atoms with Crippen LogP contribution in [0.2, 0.25) is 0 Å². The minimum absolute atomic E-state index is 0.0110. The molecule has 0 aliphatic rings. The zero-order valence-corrected chi connectivity index (χ0v) is 37.3. The normalized spacial score (nSPS) is 14.1. The van der Waals surface area contributed by atoms with E-state index in [-0.39, 0.29) is 32.2 Å². The van der Waals surface area contributed by atoms with Gasteiger partial charge in [-0.1, -0.05) is 159 Å². The average Bonchev–Trinajstić information content (AvgIpc) is 3.13. The zero-order chi connectivity index (χ0) is 40.6. The van der Waals surface area contributed by atoms with E-state index < -0.39 is 13.9 Å². The molecule has 322 valence electrons. The summed E-state index contributed by atoms with van der Waals surface area (Å²) in [5.41, 5.74) is 0. The van der Waals surface area contributed by atoms with Gasteiger partial charge in [0.15, 0.2) is 6.10 Å². The van der Waals surface area contributed by atoms with E-state index in [1.54, 1.807) is 6.26 Å². The van der Waals surface area contributed by atoms with Gasteiger partial charge in [0.25, 0.3) is 7.82 Å². The topological polar surface area (TPSA) is 94.1 Å². The summed E-state index contributed by atoms with van der Waals surface area (Å²) in [6.07, 6.45) is 47.8. The number of unbranched alkanes of at least 4 members (excludes halogenated alkanes) is 21. The van der Waals surface area contributed by atoms with Crippen LogP contribution < -0.4 is 4.89 Å². The van der Waals surface area contributed by atoms with Gasteiger partial charge < -0.3 is 27.9 Å². The maximum atomic E-state index is 12.7. The lowest BCUT2D eigenvalue weighted by Crippen LogP contribution is -2.37. The lowest BCUT2D eigenvalue weighted by molar-refractivity contribution is -0.870. The maximum absolute atomic E-state index is 12.7. The molecule has 0 bridgehead atoms. The molecule has 0 spiro atoms. The number of carbonyl (C=O) groups excluding carboxylic acids is 1. The lowest BCUT2D eigenvalue weighted by atomic mass is 10.0. The predicted octanol–water partition coefficient (Wildman–Crippen LogP) is 12.9. The molecule has 0 N–H and O–H groups in total. The second-order valence-electron chi connectivity index (χ2n) is 16.1. The molecular weight excluding hydrogens is 709 g/mol. The van der Waals surface area contributed by atoms with Crippen molar-refractivity contribution in [3.05, 3.63) is 48.8 Å². The van der Waals surface area contributed by atoms with E-state index in [9.17, 15) is 14.3 Å². The van der Waals surface area contributed by atoms with Crippen LogP contribution in [0.3, 0.4) is 0 Å². The number of phosphoric ester groups is 1. The molecule has 0 aromatic carbocycles. The highest BCUT2D eigenvalue weighted by molar-refractivity contribution is 7.45. The van der Waals surface area contributed by atoms with E-state index in [4.69, 9.17) is 18.5 Å². The van der Waals surface area contributed by atoms with Gasteiger partial charge in [-0.05, 0) is 63.9 Å². The van der Waals surface area contributed by atoms with Gasteiger partial charge in [-0.2, -0.15) is 0 Å². The Bertz CT molecular complexity index is 1020. The fourth-order valence-electron chi connectivity index (χ4n) is 5.93. The van der Waals surface area contributed by atoms with Gasteiger partial charge in [0.2, 0.25) is 0 Å². The number of likely N-dealkylation sites (N-methyl/N-ethyl adjacent to an activating group) is 1. The summed E-state index contributed by atoms with van der Waals surface area (Å²) in [4.78, 5) is 25.0. The Morgan fingerprint density at radius 1 is 0.582 bits per heavy atom. The fraction of sp³-hybridized carbons (Fsp3) is 0.804. The minimum atomic E-state index is -4.55.